The summed E-state index contributed by atoms with van der Waals surface area (Å²) in [6, 6.07) is 18.3. The highest BCUT2D eigenvalue weighted by atomic mass is 32.2. The molecule has 0 aromatic heterocycles. The first-order valence-electron chi connectivity index (χ1n) is 9.34. The molecule has 142 valence electrons. The molecule has 2 aromatic rings. The van der Waals surface area contributed by atoms with Crippen molar-refractivity contribution in [1.29, 1.82) is 0 Å². The average molecular weight is 382 g/mol. The van der Waals surface area contributed by atoms with Gasteiger partial charge in [-0.25, -0.2) is 0 Å². The van der Waals surface area contributed by atoms with Gasteiger partial charge in [-0.15, -0.1) is 11.8 Å². The Morgan fingerprint density at radius 2 is 1.67 bits per heavy atom. The summed E-state index contributed by atoms with van der Waals surface area (Å²) >= 11 is 1.65. The molecule has 1 aliphatic heterocycles. The molecule has 0 saturated carbocycles. The summed E-state index contributed by atoms with van der Waals surface area (Å²) in [4.78, 5) is 18.1. The molecule has 1 fully saturated rings. The lowest BCUT2D eigenvalue weighted by Crippen LogP contribution is -2.48. The minimum atomic E-state index is 0.0638. The quantitative estimate of drug-likeness (QED) is 0.742. The van der Waals surface area contributed by atoms with E-state index in [0.29, 0.717) is 6.54 Å². The van der Waals surface area contributed by atoms with Gasteiger partial charge in [-0.3, -0.25) is 14.6 Å². The molecule has 27 heavy (non-hydrogen) atoms. The highest BCUT2D eigenvalue weighted by Crippen LogP contribution is 2.24. The van der Waals surface area contributed by atoms with Crippen LogP contribution in [0.15, 0.2) is 65.6 Å². The third kappa shape index (κ3) is 6.24. The second kappa shape index (κ2) is 10.3. The van der Waals surface area contributed by atoms with Gasteiger partial charge in [0.2, 0.25) is 5.91 Å². The lowest BCUT2D eigenvalue weighted by atomic mass is 10.2. The van der Waals surface area contributed by atoms with E-state index >= 15 is 0 Å². The zero-order chi connectivity index (χ0) is 18.9. The molecular weight excluding hydrogens is 354 g/mol. The minimum absolute atomic E-state index is 0.0638. The largest absolute Gasteiger partial charge is 0.324 e. The molecule has 3 rings (SSSR count). The van der Waals surface area contributed by atoms with Crippen LogP contribution in [0.4, 0.5) is 5.69 Å². The van der Waals surface area contributed by atoms with Crippen LogP contribution in [0.1, 0.15) is 5.56 Å². The first-order chi connectivity index (χ1) is 13.2. The number of nitrogens with zero attached hydrogens (tertiary/aromatic N) is 2. The smallest absolute Gasteiger partial charge is 0.238 e. The molecule has 0 unspecified atom stereocenters. The van der Waals surface area contributed by atoms with Gasteiger partial charge >= 0.3 is 0 Å². The zero-order valence-electron chi connectivity index (χ0n) is 15.8. The second-order valence-corrected chi connectivity index (χ2v) is 7.49. The van der Waals surface area contributed by atoms with E-state index in [4.69, 9.17) is 0 Å². The standard InChI is InChI=1S/C22H27N3OS/c1-27-21-12-6-5-11-20(21)23-22(26)18-25-16-14-24(15-17-25)13-7-10-19-8-3-2-4-9-19/h2-12H,13-18H2,1H3,(H,23,26). The third-order valence-electron chi connectivity index (χ3n) is 4.69. The van der Waals surface area contributed by atoms with E-state index in [1.54, 1.807) is 11.8 Å². The first kappa shape index (κ1) is 19.7. The molecule has 4 nitrogen and oxygen atoms in total. The molecule has 0 bridgehead atoms. The number of piperazine rings is 1. The Morgan fingerprint density at radius 1 is 1.00 bits per heavy atom. The molecule has 2 aromatic carbocycles. The molecule has 0 spiro atoms. The number of carbonyl (C=O) groups excluding carboxylic acids is 1. The predicted octanol–water partition coefficient (Wildman–Crippen LogP) is 3.68. The highest BCUT2D eigenvalue weighted by Gasteiger charge is 2.18. The number of amides is 1. The zero-order valence-corrected chi connectivity index (χ0v) is 16.6. The van der Waals surface area contributed by atoms with Gasteiger partial charge in [0.15, 0.2) is 0 Å². The summed E-state index contributed by atoms with van der Waals surface area (Å²) in [6.07, 6.45) is 6.41. The van der Waals surface area contributed by atoms with Crippen LogP contribution in [0, 0.1) is 0 Å². The van der Waals surface area contributed by atoms with Crippen LogP contribution in [-0.4, -0.2) is 61.2 Å². The SMILES string of the molecule is CSc1ccccc1NC(=O)CN1CCN(CC=Cc2ccccc2)CC1. The Bertz CT molecular complexity index is 755. The highest BCUT2D eigenvalue weighted by molar-refractivity contribution is 7.98. The number of nitrogens with one attached hydrogen (secondary N) is 1. The number of hydrogen-bond donors (Lipinski definition) is 1. The molecule has 1 N–H and O–H groups in total. The normalized spacial score (nSPS) is 15.9. The Balaban J connectivity index is 1.40. The summed E-state index contributed by atoms with van der Waals surface area (Å²) < 4.78 is 0. The van der Waals surface area contributed by atoms with Crippen molar-refractivity contribution in [3.8, 4) is 0 Å². The topological polar surface area (TPSA) is 35.6 Å². The van der Waals surface area contributed by atoms with Gasteiger partial charge in [0.25, 0.3) is 0 Å². The van der Waals surface area contributed by atoms with Gasteiger partial charge < -0.3 is 5.32 Å². The van der Waals surface area contributed by atoms with Crippen molar-refractivity contribution in [3.05, 3.63) is 66.2 Å². The van der Waals surface area contributed by atoms with Crippen LogP contribution in [0.2, 0.25) is 0 Å². The van der Waals surface area contributed by atoms with Gasteiger partial charge in [-0.2, -0.15) is 0 Å². The van der Waals surface area contributed by atoms with Gasteiger partial charge in [0.05, 0.1) is 12.2 Å². The number of anilines is 1. The molecule has 1 heterocycles. The summed E-state index contributed by atoms with van der Waals surface area (Å²) in [5.74, 6) is 0.0638. The van der Waals surface area contributed by atoms with E-state index in [2.05, 4.69) is 51.5 Å². The molecule has 5 heteroatoms. The molecular formula is C22H27N3OS. The Labute approximate surface area is 166 Å². The van der Waals surface area contributed by atoms with Crippen LogP contribution in [0.5, 0.6) is 0 Å². The lowest BCUT2D eigenvalue weighted by molar-refractivity contribution is -0.117. The van der Waals surface area contributed by atoms with Crippen molar-refractivity contribution in [3.63, 3.8) is 0 Å². The third-order valence-corrected chi connectivity index (χ3v) is 5.48. The number of carbonyl (C=O) groups is 1. The van der Waals surface area contributed by atoms with Crippen LogP contribution in [0.25, 0.3) is 6.08 Å². The monoisotopic (exact) mass is 381 g/mol. The summed E-state index contributed by atoms with van der Waals surface area (Å²) in [7, 11) is 0. The van der Waals surface area contributed by atoms with Crippen molar-refractivity contribution < 1.29 is 4.79 Å². The maximum Gasteiger partial charge on any atom is 0.238 e. The average Bonchev–Trinajstić information content (AvgIpc) is 2.70. The number of rotatable bonds is 7. The second-order valence-electron chi connectivity index (χ2n) is 6.64. The summed E-state index contributed by atoms with van der Waals surface area (Å²) in [5.41, 5.74) is 2.14. The molecule has 0 atom stereocenters. The number of para-hydroxylation sites is 1. The van der Waals surface area contributed by atoms with Crippen LogP contribution < -0.4 is 5.32 Å². The number of thioether (sulfide) groups is 1. The van der Waals surface area contributed by atoms with E-state index < -0.39 is 0 Å². The van der Waals surface area contributed by atoms with Gasteiger partial charge in [-0.1, -0.05) is 54.6 Å². The molecule has 1 saturated heterocycles. The maximum atomic E-state index is 12.4. The molecule has 0 radical (unpaired) electrons. The van der Waals surface area contributed by atoms with Crippen molar-refractivity contribution >= 4 is 29.4 Å². The molecule has 1 aliphatic rings. The van der Waals surface area contributed by atoms with Crippen LogP contribution in [-0.2, 0) is 4.79 Å². The fraction of sp³-hybridized carbons (Fsp3) is 0.318. The minimum Gasteiger partial charge on any atom is -0.324 e. The fourth-order valence-corrected chi connectivity index (χ4v) is 3.73. The first-order valence-corrected chi connectivity index (χ1v) is 10.6. The van der Waals surface area contributed by atoms with E-state index in [0.717, 1.165) is 43.3 Å². The van der Waals surface area contributed by atoms with Crippen molar-refractivity contribution in [2.75, 3.05) is 50.8 Å². The molecule has 0 aliphatic carbocycles. The lowest BCUT2D eigenvalue weighted by Gasteiger charge is -2.33. The van der Waals surface area contributed by atoms with Gasteiger partial charge in [0.1, 0.15) is 0 Å². The summed E-state index contributed by atoms with van der Waals surface area (Å²) in [6.45, 7) is 5.25. The molecule has 1 amide bonds. The van der Waals surface area contributed by atoms with Crippen molar-refractivity contribution in [2.45, 2.75) is 4.90 Å². The maximum absolute atomic E-state index is 12.4. The number of hydrogen-bond acceptors (Lipinski definition) is 4. The summed E-state index contributed by atoms with van der Waals surface area (Å²) in [5, 5.41) is 3.05. The van der Waals surface area contributed by atoms with Crippen molar-refractivity contribution in [1.82, 2.24) is 9.80 Å². The van der Waals surface area contributed by atoms with Crippen molar-refractivity contribution in [2.24, 2.45) is 0 Å². The van der Waals surface area contributed by atoms with E-state index in [-0.39, 0.29) is 5.91 Å². The number of benzene rings is 2. The van der Waals surface area contributed by atoms with Crippen LogP contribution >= 0.6 is 11.8 Å². The van der Waals surface area contributed by atoms with E-state index in [1.807, 2.05) is 36.6 Å². The van der Waals surface area contributed by atoms with E-state index in [9.17, 15) is 4.79 Å². The predicted molar refractivity (Wildman–Crippen MR) is 115 cm³/mol. The van der Waals surface area contributed by atoms with Gasteiger partial charge in [0, 0.05) is 37.6 Å². The Hall–Kier alpha value is -2.08. The van der Waals surface area contributed by atoms with Gasteiger partial charge in [-0.05, 0) is 24.0 Å². The Morgan fingerprint density at radius 3 is 2.41 bits per heavy atom. The fourth-order valence-electron chi connectivity index (χ4n) is 3.17. The Kier molecular flexibility index (Phi) is 7.51. The van der Waals surface area contributed by atoms with Crippen LogP contribution in [0.3, 0.4) is 0 Å². The van der Waals surface area contributed by atoms with E-state index in [1.165, 1.54) is 5.56 Å².